The largest absolute Gasteiger partial charge is 0.496 e. The SMILES string of the molecule is COc1ccc(C)cc1C(C#N)CCCOc1ccc(F)cc1. The van der Waals surface area contributed by atoms with Gasteiger partial charge in [0.15, 0.2) is 0 Å². The molecule has 0 N–H and O–H groups in total. The van der Waals surface area contributed by atoms with E-state index in [9.17, 15) is 9.65 Å². The van der Waals surface area contributed by atoms with Crippen molar-refractivity contribution in [2.24, 2.45) is 0 Å². The molecule has 3 nitrogen and oxygen atoms in total. The number of benzene rings is 2. The molecule has 0 saturated carbocycles. The average Bonchev–Trinajstić information content (AvgIpc) is 2.56. The highest BCUT2D eigenvalue weighted by atomic mass is 19.1. The van der Waals surface area contributed by atoms with Crippen molar-refractivity contribution in [3.8, 4) is 17.6 Å². The van der Waals surface area contributed by atoms with Crippen LogP contribution in [0, 0.1) is 24.1 Å². The zero-order valence-corrected chi connectivity index (χ0v) is 13.4. The summed E-state index contributed by atoms with van der Waals surface area (Å²) in [4.78, 5) is 0. The molecule has 23 heavy (non-hydrogen) atoms. The molecular formula is C19H20FNO2. The van der Waals surface area contributed by atoms with Crippen LogP contribution in [0.15, 0.2) is 42.5 Å². The topological polar surface area (TPSA) is 42.2 Å². The number of hydrogen-bond acceptors (Lipinski definition) is 3. The first-order valence-electron chi connectivity index (χ1n) is 7.56. The zero-order valence-electron chi connectivity index (χ0n) is 13.4. The van der Waals surface area contributed by atoms with Crippen LogP contribution in [0.1, 0.15) is 29.9 Å². The number of halogens is 1. The Bertz CT molecular complexity index is 677. The summed E-state index contributed by atoms with van der Waals surface area (Å²) in [7, 11) is 1.61. The van der Waals surface area contributed by atoms with Crippen molar-refractivity contribution in [3.63, 3.8) is 0 Å². The van der Waals surface area contributed by atoms with Gasteiger partial charge in [0.05, 0.1) is 25.7 Å². The van der Waals surface area contributed by atoms with Crippen LogP contribution in [-0.4, -0.2) is 13.7 Å². The lowest BCUT2D eigenvalue weighted by molar-refractivity contribution is 0.304. The predicted molar refractivity (Wildman–Crippen MR) is 87.2 cm³/mol. The Morgan fingerprint density at radius 1 is 1.17 bits per heavy atom. The van der Waals surface area contributed by atoms with Gasteiger partial charge < -0.3 is 9.47 Å². The summed E-state index contributed by atoms with van der Waals surface area (Å²) in [6.07, 6.45) is 1.41. The van der Waals surface area contributed by atoms with Gasteiger partial charge in [-0.05, 0) is 50.1 Å². The molecule has 0 aliphatic carbocycles. The maximum absolute atomic E-state index is 12.8. The lowest BCUT2D eigenvalue weighted by atomic mass is 9.93. The lowest BCUT2D eigenvalue weighted by Gasteiger charge is -2.14. The third-order valence-corrected chi connectivity index (χ3v) is 3.64. The summed E-state index contributed by atoms with van der Waals surface area (Å²) in [6, 6.07) is 14.1. The van der Waals surface area contributed by atoms with Crippen LogP contribution in [0.5, 0.6) is 11.5 Å². The Balaban J connectivity index is 1.92. The van der Waals surface area contributed by atoms with Crippen molar-refractivity contribution < 1.29 is 13.9 Å². The highest BCUT2D eigenvalue weighted by Gasteiger charge is 2.15. The van der Waals surface area contributed by atoms with Crippen molar-refractivity contribution in [3.05, 3.63) is 59.4 Å². The first-order valence-corrected chi connectivity index (χ1v) is 7.56. The Kier molecular flexibility index (Phi) is 5.99. The Morgan fingerprint density at radius 3 is 2.57 bits per heavy atom. The molecule has 0 saturated heterocycles. The fourth-order valence-corrected chi connectivity index (χ4v) is 2.42. The van der Waals surface area contributed by atoms with E-state index in [1.807, 2.05) is 25.1 Å². The summed E-state index contributed by atoms with van der Waals surface area (Å²) in [5, 5.41) is 9.45. The molecule has 0 aromatic heterocycles. The minimum Gasteiger partial charge on any atom is -0.496 e. The normalized spacial score (nSPS) is 11.6. The number of nitrogens with zero attached hydrogens (tertiary/aromatic N) is 1. The van der Waals surface area contributed by atoms with Gasteiger partial charge in [-0.2, -0.15) is 5.26 Å². The standard InChI is InChI=1S/C19H20FNO2/c1-14-5-10-19(22-2)18(12-14)15(13-21)4-3-11-23-17-8-6-16(20)7-9-17/h5-10,12,15H,3-4,11H2,1-2H3. The van der Waals surface area contributed by atoms with E-state index in [2.05, 4.69) is 6.07 Å². The molecule has 0 fully saturated rings. The van der Waals surface area contributed by atoms with Crippen LogP contribution in [-0.2, 0) is 0 Å². The van der Waals surface area contributed by atoms with Gasteiger partial charge in [0.2, 0.25) is 0 Å². The van der Waals surface area contributed by atoms with E-state index in [1.165, 1.54) is 12.1 Å². The summed E-state index contributed by atoms with van der Waals surface area (Å²) < 4.78 is 23.7. The molecule has 0 aliphatic rings. The van der Waals surface area contributed by atoms with E-state index in [-0.39, 0.29) is 11.7 Å². The number of hydrogen-bond donors (Lipinski definition) is 0. The van der Waals surface area contributed by atoms with Crippen LogP contribution in [0.4, 0.5) is 4.39 Å². The van der Waals surface area contributed by atoms with Crippen molar-refractivity contribution in [2.75, 3.05) is 13.7 Å². The van der Waals surface area contributed by atoms with Crippen LogP contribution in [0.25, 0.3) is 0 Å². The second-order valence-corrected chi connectivity index (χ2v) is 5.37. The van der Waals surface area contributed by atoms with Crippen LogP contribution >= 0.6 is 0 Å². The van der Waals surface area contributed by atoms with Crippen molar-refractivity contribution >= 4 is 0 Å². The van der Waals surface area contributed by atoms with Gasteiger partial charge >= 0.3 is 0 Å². The van der Waals surface area contributed by atoms with Gasteiger partial charge in [0.1, 0.15) is 17.3 Å². The number of nitriles is 1. The molecular weight excluding hydrogens is 293 g/mol. The number of methoxy groups -OCH3 is 1. The molecule has 0 spiro atoms. The highest BCUT2D eigenvalue weighted by Crippen LogP contribution is 2.30. The van der Waals surface area contributed by atoms with E-state index in [1.54, 1.807) is 19.2 Å². The fourth-order valence-electron chi connectivity index (χ4n) is 2.42. The quantitative estimate of drug-likeness (QED) is 0.701. The summed E-state index contributed by atoms with van der Waals surface area (Å²) in [6.45, 7) is 2.48. The molecule has 0 heterocycles. The van der Waals surface area contributed by atoms with Crippen molar-refractivity contribution in [1.29, 1.82) is 5.26 Å². The molecule has 2 aromatic rings. The third kappa shape index (κ3) is 4.72. The van der Waals surface area contributed by atoms with Crippen LogP contribution in [0.3, 0.4) is 0 Å². The maximum atomic E-state index is 12.8. The van der Waals surface area contributed by atoms with E-state index in [0.29, 0.717) is 18.8 Å². The van der Waals surface area contributed by atoms with Gasteiger partial charge in [0.25, 0.3) is 0 Å². The minimum atomic E-state index is -0.284. The molecule has 1 unspecified atom stereocenters. The summed E-state index contributed by atoms with van der Waals surface area (Å²) >= 11 is 0. The Hall–Kier alpha value is -2.54. The molecule has 0 bridgehead atoms. The number of aryl methyl sites for hydroxylation is 1. The van der Waals surface area contributed by atoms with Crippen molar-refractivity contribution in [2.45, 2.75) is 25.7 Å². The predicted octanol–water partition coefficient (Wildman–Crippen LogP) is 4.61. The van der Waals surface area contributed by atoms with Gasteiger partial charge in [0, 0.05) is 5.56 Å². The summed E-state index contributed by atoms with van der Waals surface area (Å²) in [5.74, 6) is 0.852. The first kappa shape index (κ1) is 16.8. The molecule has 0 radical (unpaired) electrons. The van der Waals surface area contributed by atoms with E-state index >= 15 is 0 Å². The average molecular weight is 313 g/mol. The first-order chi connectivity index (χ1) is 11.1. The minimum absolute atomic E-state index is 0.235. The molecule has 2 rings (SSSR count). The second kappa shape index (κ2) is 8.19. The molecule has 4 heteroatoms. The van der Waals surface area contributed by atoms with Gasteiger partial charge in [-0.3, -0.25) is 0 Å². The van der Waals surface area contributed by atoms with Crippen LogP contribution in [0.2, 0.25) is 0 Å². The molecule has 0 aliphatic heterocycles. The van der Waals surface area contributed by atoms with Crippen LogP contribution < -0.4 is 9.47 Å². The number of ether oxygens (including phenoxy) is 2. The van der Waals surface area contributed by atoms with Crippen molar-refractivity contribution in [1.82, 2.24) is 0 Å². The maximum Gasteiger partial charge on any atom is 0.123 e. The fraction of sp³-hybridized carbons (Fsp3) is 0.316. The molecule has 120 valence electrons. The Labute approximate surface area is 136 Å². The van der Waals surface area contributed by atoms with E-state index < -0.39 is 0 Å². The zero-order chi connectivity index (χ0) is 16.7. The van der Waals surface area contributed by atoms with E-state index in [0.717, 1.165) is 23.3 Å². The summed E-state index contributed by atoms with van der Waals surface area (Å²) in [5.41, 5.74) is 2.01. The lowest BCUT2D eigenvalue weighted by Crippen LogP contribution is -2.04. The second-order valence-electron chi connectivity index (χ2n) is 5.37. The van der Waals surface area contributed by atoms with Gasteiger partial charge in [-0.15, -0.1) is 0 Å². The molecule has 0 amide bonds. The molecule has 2 aromatic carbocycles. The molecule has 1 atom stereocenters. The Morgan fingerprint density at radius 2 is 1.91 bits per heavy atom. The smallest absolute Gasteiger partial charge is 0.123 e. The van der Waals surface area contributed by atoms with Gasteiger partial charge in [-0.25, -0.2) is 4.39 Å². The van der Waals surface area contributed by atoms with E-state index in [4.69, 9.17) is 9.47 Å². The van der Waals surface area contributed by atoms with Gasteiger partial charge in [-0.1, -0.05) is 17.7 Å². The third-order valence-electron chi connectivity index (χ3n) is 3.64. The number of rotatable bonds is 7. The highest BCUT2D eigenvalue weighted by molar-refractivity contribution is 5.41. The monoisotopic (exact) mass is 313 g/mol.